The van der Waals surface area contributed by atoms with Crippen LogP contribution >= 0.6 is 0 Å². The second-order valence-electron chi connectivity index (χ2n) is 6.15. The third-order valence-electron chi connectivity index (χ3n) is 4.11. The molecule has 2 rings (SSSR count). The van der Waals surface area contributed by atoms with Gasteiger partial charge < -0.3 is 21.1 Å². The van der Waals surface area contributed by atoms with Crippen LogP contribution in [0.2, 0.25) is 0 Å². The van der Waals surface area contributed by atoms with Gasteiger partial charge in [0, 0.05) is 25.2 Å². The largest absolute Gasteiger partial charge is 0.484 e. The summed E-state index contributed by atoms with van der Waals surface area (Å²) < 4.78 is 5.45. The van der Waals surface area contributed by atoms with Gasteiger partial charge in [-0.25, -0.2) is 0 Å². The van der Waals surface area contributed by atoms with E-state index < -0.39 is 0 Å². The number of hydrogen-bond donors (Lipinski definition) is 3. The highest BCUT2D eigenvalue weighted by Gasteiger charge is 2.05. The molecule has 0 heterocycles. The van der Waals surface area contributed by atoms with Gasteiger partial charge in [0.2, 0.25) is 0 Å². The van der Waals surface area contributed by atoms with Crippen LogP contribution in [0.15, 0.2) is 48.5 Å². The average molecular weight is 369 g/mol. The first-order valence-corrected chi connectivity index (χ1v) is 9.18. The third kappa shape index (κ3) is 7.11. The number of amides is 2. The molecule has 27 heavy (non-hydrogen) atoms. The van der Waals surface area contributed by atoms with E-state index in [4.69, 9.17) is 10.5 Å². The van der Waals surface area contributed by atoms with Crippen LogP contribution in [0, 0.1) is 0 Å². The topological polar surface area (TPSA) is 93.5 Å². The molecule has 0 aromatic heterocycles. The Balaban J connectivity index is 1.58. The lowest BCUT2D eigenvalue weighted by molar-refractivity contribution is -0.123. The van der Waals surface area contributed by atoms with E-state index in [0.717, 1.165) is 12.0 Å². The molecule has 6 nitrogen and oxygen atoms in total. The van der Waals surface area contributed by atoms with Crippen molar-refractivity contribution in [1.82, 2.24) is 10.6 Å². The number of carbonyl (C=O) groups excluding carboxylic acids is 2. The Morgan fingerprint density at radius 1 is 0.926 bits per heavy atom. The maximum absolute atomic E-state index is 12.0. The first-order chi connectivity index (χ1) is 13.1. The SMILES string of the molecule is CCc1ccc(OCC(=O)NCCCNC(=O)c2ccc(CN)cc2)cc1. The molecule has 6 heteroatoms. The van der Waals surface area contributed by atoms with Crippen LogP contribution in [0.1, 0.15) is 34.8 Å². The van der Waals surface area contributed by atoms with Gasteiger partial charge in [0.15, 0.2) is 6.61 Å². The van der Waals surface area contributed by atoms with Gasteiger partial charge in [-0.05, 0) is 48.2 Å². The quantitative estimate of drug-likeness (QED) is 0.559. The van der Waals surface area contributed by atoms with Crippen LogP contribution < -0.4 is 21.1 Å². The van der Waals surface area contributed by atoms with Gasteiger partial charge >= 0.3 is 0 Å². The van der Waals surface area contributed by atoms with Crippen LogP contribution in [0.3, 0.4) is 0 Å². The molecule has 0 aliphatic rings. The smallest absolute Gasteiger partial charge is 0.257 e. The Bertz CT molecular complexity index is 727. The van der Waals surface area contributed by atoms with Crippen LogP contribution in [0.5, 0.6) is 5.75 Å². The molecule has 0 fully saturated rings. The number of nitrogens with two attached hydrogens (primary N) is 1. The number of carbonyl (C=O) groups is 2. The lowest BCUT2D eigenvalue weighted by Crippen LogP contribution is -2.32. The fraction of sp³-hybridized carbons (Fsp3) is 0.333. The van der Waals surface area contributed by atoms with E-state index in [1.165, 1.54) is 5.56 Å². The van der Waals surface area contributed by atoms with Crippen LogP contribution in [0.25, 0.3) is 0 Å². The van der Waals surface area contributed by atoms with Crippen LogP contribution in [-0.4, -0.2) is 31.5 Å². The van der Waals surface area contributed by atoms with Crippen molar-refractivity contribution in [2.24, 2.45) is 5.73 Å². The summed E-state index contributed by atoms with van der Waals surface area (Å²) >= 11 is 0. The molecule has 2 amide bonds. The molecule has 0 bridgehead atoms. The molecule has 0 radical (unpaired) electrons. The fourth-order valence-corrected chi connectivity index (χ4v) is 2.43. The van der Waals surface area contributed by atoms with Gasteiger partial charge in [0.05, 0.1) is 0 Å². The van der Waals surface area contributed by atoms with Gasteiger partial charge in [-0.3, -0.25) is 9.59 Å². The van der Waals surface area contributed by atoms with E-state index in [9.17, 15) is 9.59 Å². The lowest BCUT2D eigenvalue weighted by atomic mass is 10.1. The van der Waals surface area contributed by atoms with E-state index >= 15 is 0 Å². The summed E-state index contributed by atoms with van der Waals surface area (Å²) in [6, 6.07) is 14.9. The highest BCUT2D eigenvalue weighted by Crippen LogP contribution is 2.12. The van der Waals surface area contributed by atoms with Crippen molar-refractivity contribution in [2.45, 2.75) is 26.3 Å². The van der Waals surface area contributed by atoms with Crippen molar-refractivity contribution in [3.8, 4) is 5.75 Å². The van der Waals surface area contributed by atoms with Crippen molar-refractivity contribution in [1.29, 1.82) is 0 Å². The molecule has 2 aromatic carbocycles. The van der Waals surface area contributed by atoms with Gasteiger partial charge in [-0.15, -0.1) is 0 Å². The summed E-state index contributed by atoms with van der Waals surface area (Å²) in [5.74, 6) is 0.359. The summed E-state index contributed by atoms with van der Waals surface area (Å²) in [5.41, 5.74) is 8.34. The molecule has 0 aliphatic carbocycles. The Morgan fingerprint density at radius 2 is 1.56 bits per heavy atom. The third-order valence-corrected chi connectivity index (χ3v) is 4.11. The molecule has 0 saturated heterocycles. The Morgan fingerprint density at radius 3 is 2.19 bits per heavy atom. The first kappa shape index (κ1) is 20.5. The summed E-state index contributed by atoms with van der Waals surface area (Å²) in [6.07, 6.45) is 1.61. The molecule has 0 aliphatic heterocycles. The number of rotatable bonds is 10. The zero-order valence-corrected chi connectivity index (χ0v) is 15.7. The highest BCUT2D eigenvalue weighted by molar-refractivity contribution is 5.94. The number of nitrogens with one attached hydrogen (secondary N) is 2. The van der Waals surface area contributed by atoms with Crippen molar-refractivity contribution in [2.75, 3.05) is 19.7 Å². The fourth-order valence-electron chi connectivity index (χ4n) is 2.43. The maximum Gasteiger partial charge on any atom is 0.257 e. The van der Waals surface area contributed by atoms with E-state index in [1.807, 2.05) is 36.4 Å². The predicted molar refractivity (Wildman–Crippen MR) is 106 cm³/mol. The second kappa shape index (κ2) is 11.0. The maximum atomic E-state index is 12.0. The number of hydrogen-bond acceptors (Lipinski definition) is 4. The minimum atomic E-state index is -0.182. The van der Waals surface area contributed by atoms with Crippen molar-refractivity contribution >= 4 is 11.8 Å². The van der Waals surface area contributed by atoms with Gasteiger partial charge in [-0.1, -0.05) is 31.2 Å². The summed E-state index contributed by atoms with van der Waals surface area (Å²) in [4.78, 5) is 23.8. The van der Waals surface area contributed by atoms with Crippen molar-refractivity contribution in [3.05, 3.63) is 65.2 Å². The lowest BCUT2D eigenvalue weighted by Gasteiger charge is -2.09. The number of ether oxygens (including phenoxy) is 1. The molecule has 144 valence electrons. The Hall–Kier alpha value is -2.86. The zero-order chi connectivity index (χ0) is 19.5. The Kier molecular flexibility index (Phi) is 8.32. The zero-order valence-electron chi connectivity index (χ0n) is 15.7. The number of aryl methyl sites for hydroxylation is 1. The van der Waals surface area contributed by atoms with E-state index in [0.29, 0.717) is 37.4 Å². The summed E-state index contributed by atoms with van der Waals surface area (Å²) in [7, 11) is 0. The number of benzene rings is 2. The average Bonchev–Trinajstić information content (AvgIpc) is 2.72. The first-order valence-electron chi connectivity index (χ1n) is 9.18. The minimum Gasteiger partial charge on any atom is -0.484 e. The summed E-state index contributed by atoms with van der Waals surface area (Å²) in [5, 5.41) is 5.60. The molecular formula is C21H27N3O3. The van der Waals surface area contributed by atoms with Gasteiger partial charge in [-0.2, -0.15) is 0 Å². The summed E-state index contributed by atoms with van der Waals surface area (Å²) in [6.45, 7) is 3.48. The normalized spacial score (nSPS) is 10.3. The molecule has 0 atom stereocenters. The van der Waals surface area contributed by atoms with Gasteiger partial charge in [0.1, 0.15) is 5.75 Å². The predicted octanol–water partition coefficient (Wildman–Crippen LogP) is 2.02. The minimum absolute atomic E-state index is 0.0225. The highest BCUT2D eigenvalue weighted by atomic mass is 16.5. The molecule has 0 saturated carbocycles. The Labute approximate surface area is 160 Å². The second-order valence-corrected chi connectivity index (χ2v) is 6.15. The molecule has 0 unspecified atom stereocenters. The molecule has 2 aromatic rings. The van der Waals surface area contributed by atoms with Crippen molar-refractivity contribution in [3.63, 3.8) is 0 Å². The van der Waals surface area contributed by atoms with Gasteiger partial charge in [0.25, 0.3) is 11.8 Å². The van der Waals surface area contributed by atoms with Crippen LogP contribution in [-0.2, 0) is 17.8 Å². The monoisotopic (exact) mass is 369 g/mol. The molecule has 4 N–H and O–H groups in total. The van der Waals surface area contributed by atoms with E-state index in [-0.39, 0.29) is 18.4 Å². The molecular weight excluding hydrogens is 342 g/mol. The standard InChI is InChI=1S/C21H27N3O3/c1-2-16-6-10-19(11-7-16)27-15-20(25)23-12-3-13-24-21(26)18-8-4-17(14-22)5-9-18/h4-11H,2-3,12-15,22H2,1H3,(H,23,25)(H,24,26). The molecule has 0 spiro atoms. The van der Waals surface area contributed by atoms with Crippen LogP contribution in [0.4, 0.5) is 0 Å². The van der Waals surface area contributed by atoms with E-state index in [2.05, 4.69) is 17.6 Å². The van der Waals surface area contributed by atoms with Crippen molar-refractivity contribution < 1.29 is 14.3 Å². The van der Waals surface area contributed by atoms with E-state index in [1.54, 1.807) is 12.1 Å².